The molecule has 0 radical (unpaired) electrons. The fourth-order valence-corrected chi connectivity index (χ4v) is 3.72. The summed E-state index contributed by atoms with van der Waals surface area (Å²) in [5.74, 6) is 0.174. The molecule has 1 unspecified atom stereocenters. The molecule has 1 aliphatic heterocycles. The van der Waals surface area contributed by atoms with Crippen molar-refractivity contribution < 1.29 is 4.79 Å². The van der Waals surface area contributed by atoms with Crippen molar-refractivity contribution in [3.8, 4) is 0 Å². The Hall–Kier alpha value is -1.17. The highest BCUT2D eigenvalue weighted by molar-refractivity contribution is 5.85. The molecule has 1 aromatic rings. The number of aromatic nitrogens is 1. The van der Waals surface area contributed by atoms with Crippen molar-refractivity contribution in [2.24, 2.45) is 0 Å². The molecule has 2 N–H and O–H groups in total. The number of nitrogens with zero attached hydrogens (tertiary/aromatic N) is 2. The second-order valence-corrected chi connectivity index (χ2v) is 6.73. The molecule has 0 spiro atoms. The summed E-state index contributed by atoms with van der Waals surface area (Å²) >= 11 is 0. The van der Waals surface area contributed by atoms with Gasteiger partial charge in [-0.3, -0.25) is 14.7 Å². The first kappa shape index (κ1) is 19.2. The highest BCUT2D eigenvalue weighted by atomic mass is 35.5. The highest BCUT2D eigenvalue weighted by Gasteiger charge is 2.26. The first-order chi connectivity index (χ1) is 11.3. The van der Waals surface area contributed by atoms with Crippen LogP contribution < -0.4 is 10.6 Å². The predicted octanol–water partition coefficient (Wildman–Crippen LogP) is 2.29. The van der Waals surface area contributed by atoms with E-state index in [1.807, 2.05) is 12.3 Å². The molecule has 1 atom stereocenters. The van der Waals surface area contributed by atoms with E-state index >= 15 is 0 Å². The molecule has 1 aliphatic carbocycles. The number of carbonyl (C=O) groups is 1. The zero-order valence-corrected chi connectivity index (χ0v) is 15.1. The molecular weight excluding hydrogens is 324 g/mol. The van der Waals surface area contributed by atoms with Crippen LogP contribution in [0, 0.1) is 0 Å². The van der Waals surface area contributed by atoms with E-state index < -0.39 is 0 Å². The SMILES string of the molecule is Cl.O=C(CN1CCNCC1c1cccnc1)NC1CCCCCC1. The molecule has 24 heavy (non-hydrogen) atoms. The van der Waals surface area contributed by atoms with Gasteiger partial charge in [-0.15, -0.1) is 12.4 Å². The Bertz CT molecular complexity index is 491. The Morgan fingerprint density at radius 1 is 1.29 bits per heavy atom. The van der Waals surface area contributed by atoms with Gasteiger partial charge in [0.15, 0.2) is 0 Å². The number of hydrogen-bond donors (Lipinski definition) is 2. The molecule has 1 amide bonds. The maximum Gasteiger partial charge on any atom is 0.234 e. The van der Waals surface area contributed by atoms with Crippen molar-refractivity contribution >= 4 is 18.3 Å². The van der Waals surface area contributed by atoms with Gasteiger partial charge in [0, 0.05) is 44.1 Å². The van der Waals surface area contributed by atoms with Crippen molar-refractivity contribution in [3.05, 3.63) is 30.1 Å². The third kappa shape index (κ3) is 5.43. The molecular formula is C18H29ClN4O. The standard InChI is InChI=1S/C18H28N4O.ClH/c23-18(21-16-7-3-1-2-4-8-16)14-22-11-10-20-13-17(22)15-6-5-9-19-12-15;/h5-6,9,12,16-17,20H,1-4,7-8,10-11,13-14H2,(H,21,23);1H. The molecule has 0 bridgehead atoms. The summed E-state index contributed by atoms with van der Waals surface area (Å²) in [4.78, 5) is 19.0. The summed E-state index contributed by atoms with van der Waals surface area (Å²) in [6.07, 6.45) is 11.1. The Kier molecular flexibility index (Phi) is 7.95. The molecule has 2 heterocycles. The summed E-state index contributed by atoms with van der Waals surface area (Å²) < 4.78 is 0. The van der Waals surface area contributed by atoms with Gasteiger partial charge in [-0.25, -0.2) is 0 Å². The van der Waals surface area contributed by atoms with Gasteiger partial charge in [0.2, 0.25) is 5.91 Å². The topological polar surface area (TPSA) is 57.3 Å². The van der Waals surface area contributed by atoms with Crippen molar-refractivity contribution in [2.45, 2.75) is 50.6 Å². The number of hydrogen-bond acceptors (Lipinski definition) is 4. The first-order valence-electron chi connectivity index (χ1n) is 8.97. The van der Waals surface area contributed by atoms with E-state index in [9.17, 15) is 4.79 Å². The highest BCUT2D eigenvalue weighted by Crippen LogP contribution is 2.21. The van der Waals surface area contributed by atoms with E-state index in [2.05, 4.69) is 26.6 Å². The van der Waals surface area contributed by atoms with E-state index in [-0.39, 0.29) is 24.4 Å². The summed E-state index contributed by atoms with van der Waals surface area (Å²) in [5, 5.41) is 6.69. The normalized spacial score (nSPS) is 23.1. The summed E-state index contributed by atoms with van der Waals surface area (Å²) in [6.45, 7) is 3.20. The summed E-state index contributed by atoms with van der Waals surface area (Å²) in [6, 6.07) is 4.68. The van der Waals surface area contributed by atoms with Crippen LogP contribution in [0.4, 0.5) is 0 Å². The number of carbonyl (C=O) groups excluding carboxylic acids is 1. The van der Waals surface area contributed by atoms with Gasteiger partial charge in [-0.1, -0.05) is 31.7 Å². The third-order valence-electron chi connectivity index (χ3n) is 4.99. The second kappa shape index (κ2) is 9.97. The van der Waals surface area contributed by atoms with Crippen LogP contribution in [0.25, 0.3) is 0 Å². The number of amides is 1. The van der Waals surface area contributed by atoms with Crippen molar-refractivity contribution in [3.63, 3.8) is 0 Å². The fraction of sp³-hybridized carbons (Fsp3) is 0.667. The Labute approximate surface area is 151 Å². The minimum absolute atomic E-state index is 0. The molecule has 5 nitrogen and oxygen atoms in total. The van der Waals surface area contributed by atoms with E-state index in [0.29, 0.717) is 12.6 Å². The van der Waals surface area contributed by atoms with Crippen LogP contribution in [0.3, 0.4) is 0 Å². The Morgan fingerprint density at radius 2 is 2.08 bits per heavy atom. The largest absolute Gasteiger partial charge is 0.352 e. The molecule has 2 fully saturated rings. The number of pyridine rings is 1. The van der Waals surface area contributed by atoms with Crippen molar-refractivity contribution in [1.29, 1.82) is 0 Å². The van der Waals surface area contributed by atoms with E-state index in [0.717, 1.165) is 32.5 Å². The zero-order valence-electron chi connectivity index (χ0n) is 14.2. The maximum atomic E-state index is 12.5. The number of halogens is 1. The predicted molar refractivity (Wildman–Crippen MR) is 98.3 cm³/mol. The first-order valence-corrected chi connectivity index (χ1v) is 8.97. The molecule has 134 valence electrons. The summed E-state index contributed by atoms with van der Waals surface area (Å²) in [5.41, 5.74) is 1.18. The molecule has 0 aromatic carbocycles. The monoisotopic (exact) mass is 352 g/mol. The van der Waals surface area contributed by atoms with Gasteiger partial charge in [-0.2, -0.15) is 0 Å². The van der Waals surface area contributed by atoms with Gasteiger partial charge < -0.3 is 10.6 Å². The average molecular weight is 353 g/mol. The number of rotatable bonds is 4. The lowest BCUT2D eigenvalue weighted by Crippen LogP contribution is -2.50. The minimum Gasteiger partial charge on any atom is -0.352 e. The Morgan fingerprint density at radius 3 is 2.79 bits per heavy atom. The molecule has 1 saturated carbocycles. The lowest BCUT2D eigenvalue weighted by atomic mass is 10.1. The van der Waals surface area contributed by atoms with Crippen LogP contribution in [0.5, 0.6) is 0 Å². The fourth-order valence-electron chi connectivity index (χ4n) is 3.72. The molecule has 3 rings (SSSR count). The van der Waals surface area contributed by atoms with Crippen LogP contribution in [0.1, 0.15) is 50.1 Å². The number of nitrogens with one attached hydrogen (secondary N) is 2. The van der Waals surface area contributed by atoms with Crippen molar-refractivity contribution in [1.82, 2.24) is 20.5 Å². The summed E-state index contributed by atoms with van der Waals surface area (Å²) in [7, 11) is 0. The van der Waals surface area contributed by atoms with Gasteiger partial charge >= 0.3 is 0 Å². The van der Waals surface area contributed by atoms with E-state index in [1.54, 1.807) is 6.20 Å². The van der Waals surface area contributed by atoms with Crippen LogP contribution in [0.2, 0.25) is 0 Å². The average Bonchev–Trinajstić information content (AvgIpc) is 2.85. The van der Waals surface area contributed by atoms with Gasteiger partial charge in [0.1, 0.15) is 0 Å². The molecule has 1 aromatic heterocycles. The van der Waals surface area contributed by atoms with Gasteiger partial charge in [0.05, 0.1) is 6.54 Å². The van der Waals surface area contributed by atoms with Crippen LogP contribution in [0.15, 0.2) is 24.5 Å². The molecule has 2 aliphatic rings. The smallest absolute Gasteiger partial charge is 0.234 e. The Balaban J connectivity index is 0.00000208. The quantitative estimate of drug-likeness (QED) is 0.816. The van der Waals surface area contributed by atoms with E-state index in [1.165, 1.54) is 31.2 Å². The van der Waals surface area contributed by atoms with Crippen molar-refractivity contribution in [2.75, 3.05) is 26.2 Å². The van der Waals surface area contributed by atoms with Gasteiger partial charge in [-0.05, 0) is 24.5 Å². The zero-order chi connectivity index (χ0) is 15.9. The van der Waals surface area contributed by atoms with Crippen LogP contribution in [-0.2, 0) is 4.79 Å². The molecule has 1 saturated heterocycles. The second-order valence-electron chi connectivity index (χ2n) is 6.73. The third-order valence-corrected chi connectivity index (χ3v) is 4.99. The number of piperazine rings is 1. The van der Waals surface area contributed by atoms with Crippen LogP contribution >= 0.6 is 12.4 Å². The van der Waals surface area contributed by atoms with Crippen LogP contribution in [-0.4, -0.2) is 48.0 Å². The molecule has 6 heteroatoms. The lowest BCUT2D eigenvalue weighted by Gasteiger charge is -2.36. The maximum absolute atomic E-state index is 12.5. The van der Waals surface area contributed by atoms with Gasteiger partial charge in [0.25, 0.3) is 0 Å². The lowest BCUT2D eigenvalue weighted by molar-refractivity contribution is -0.123. The minimum atomic E-state index is 0. The van der Waals surface area contributed by atoms with E-state index in [4.69, 9.17) is 0 Å².